The number of ether oxygens (including phenoxy) is 1. The summed E-state index contributed by atoms with van der Waals surface area (Å²) in [5, 5.41) is 9.86. The number of aromatic nitrogens is 2. The summed E-state index contributed by atoms with van der Waals surface area (Å²) in [5.74, 6) is -1.95. The van der Waals surface area contributed by atoms with Crippen molar-refractivity contribution in [2.75, 3.05) is 25.5 Å². The molecule has 0 radical (unpaired) electrons. The van der Waals surface area contributed by atoms with E-state index in [9.17, 15) is 18.4 Å². The second kappa shape index (κ2) is 10.4. The van der Waals surface area contributed by atoms with Gasteiger partial charge in [0, 0.05) is 17.3 Å². The molecule has 1 heterocycles. The van der Waals surface area contributed by atoms with Crippen LogP contribution in [0.1, 0.15) is 12.0 Å². The van der Waals surface area contributed by atoms with Gasteiger partial charge in [0.2, 0.25) is 0 Å². The van der Waals surface area contributed by atoms with E-state index in [1.54, 1.807) is 24.3 Å². The molecular weight excluding hydrogens is 406 g/mol. The van der Waals surface area contributed by atoms with Gasteiger partial charge in [0.15, 0.2) is 11.6 Å². The Kier molecular flexibility index (Phi) is 7.45. The first kappa shape index (κ1) is 22.1. The standard InChI is InChI=1S/C22H22F2N4O3/c1-25-10-3-11-31-22(30)26-17-5-2-4-15(12-17)14-28-21(29)9-8-20(27-28)16-6-7-18(23)19(24)13-16/h2,4-9,12-13,25H,3,10-11,14H2,1H3,(H,26,30). The van der Waals surface area contributed by atoms with E-state index in [0.717, 1.165) is 18.7 Å². The summed E-state index contributed by atoms with van der Waals surface area (Å²) >= 11 is 0. The van der Waals surface area contributed by atoms with Crippen molar-refractivity contribution in [3.05, 3.63) is 82.1 Å². The smallest absolute Gasteiger partial charge is 0.411 e. The summed E-state index contributed by atoms with van der Waals surface area (Å²) < 4.78 is 33.0. The van der Waals surface area contributed by atoms with Crippen LogP contribution in [0.3, 0.4) is 0 Å². The van der Waals surface area contributed by atoms with Crippen molar-refractivity contribution in [1.82, 2.24) is 15.1 Å². The maximum absolute atomic E-state index is 13.5. The lowest BCUT2D eigenvalue weighted by atomic mass is 10.1. The summed E-state index contributed by atoms with van der Waals surface area (Å²) in [6.07, 6.45) is 0.135. The predicted octanol–water partition coefficient (Wildman–Crippen LogP) is 3.39. The van der Waals surface area contributed by atoms with Crippen molar-refractivity contribution >= 4 is 11.8 Å². The van der Waals surface area contributed by atoms with E-state index in [0.29, 0.717) is 35.5 Å². The van der Waals surface area contributed by atoms with E-state index in [-0.39, 0.29) is 12.1 Å². The SMILES string of the molecule is CNCCCOC(=O)Nc1cccc(Cn2nc(-c3ccc(F)c(F)c3)ccc2=O)c1. The van der Waals surface area contributed by atoms with Gasteiger partial charge in [0.1, 0.15) is 0 Å². The Bertz CT molecular complexity index is 1120. The second-order valence-corrected chi connectivity index (χ2v) is 6.76. The highest BCUT2D eigenvalue weighted by Crippen LogP contribution is 2.19. The molecule has 31 heavy (non-hydrogen) atoms. The molecule has 3 aromatic rings. The minimum absolute atomic E-state index is 0.128. The molecule has 0 unspecified atom stereocenters. The highest BCUT2D eigenvalue weighted by atomic mass is 19.2. The zero-order valence-corrected chi connectivity index (χ0v) is 16.9. The fourth-order valence-electron chi connectivity index (χ4n) is 2.86. The highest BCUT2D eigenvalue weighted by Gasteiger charge is 2.09. The molecule has 0 aliphatic rings. The van der Waals surface area contributed by atoms with Crippen LogP contribution in [0, 0.1) is 11.6 Å². The molecule has 2 aromatic carbocycles. The Balaban J connectivity index is 1.72. The highest BCUT2D eigenvalue weighted by molar-refractivity contribution is 5.84. The van der Waals surface area contributed by atoms with Gasteiger partial charge in [-0.3, -0.25) is 10.1 Å². The maximum atomic E-state index is 13.5. The van der Waals surface area contributed by atoms with Crippen molar-refractivity contribution in [3.8, 4) is 11.3 Å². The first-order valence-corrected chi connectivity index (χ1v) is 9.67. The molecule has 0 atom stereocenters. The molecule has 162 valence electrons. The van der Waals surface area contributed by atoms with Crippen molar-refractivity contribution in [2.45, 2.75) is 13.0 Å². The van der Waals surface area contributed by atoms with Gasteiger partial charge in [-0.05, 0) is 62.0 Å². The van der Waals surface area contributed by atoms with Crippen LogP contribution in [0.2, 0.25) is 0 Å². The summed E-state index contributed by atoms with van der Waals surface area (Å²) in [6.45, 7) is 1.17. The predicted molar refractivity (Wildman–Crippen MR) is 113 cm³/mol. The lowest BCUT2D eigenvalue weighted by Crippen LogP contribution is -2.23. The van der Waals surface area contributed by atoms with E-state index < -0.39 is 17.7 Å². The third-order valence-electron chi connectivity index (χ3n) is 4.39. The average Bonchev–Trinajstić information content (AvgIpc) is 2.75. The quantitative estimate of drug-likeness (QED) is 0.537. The van der Waals surface area contributed by atoms with Crippen LogP contribution >= 0.6 is 0 Å². The van der Waals surface area contributed by atoms with E-state index in [2.05, 4.69) is 15.7 Å². The number of hydrogen-bond acceptors (Lipinski definition) is 5. The van der Waals surface area contributed by atoms with E-state index in [4.69, 9.17) is 4.74 Å². The van der Waals surface area contributed by atoms with E-state index in [1.165, 1.54) is 22.9 Å². The Morgan fingerprint density at radius 2 is 1.94 bits per heavy atom. The third-order valence-corrected chi connectivity index (χ3v) is 4.39. The van der Waals surface area contributed by atoms with E-state index >= 15 is 0 Å². The van der Waals surface area contributed by atoms with Crippen LogP contribution in [-0.4, -0.2) is 36.1 Å². The number of anilines is 1. The summed E-state index contributed by atoms with van der Waals surface area (Å²) in [7, 11) is 1.82. The molecule has 0 saturated carbocycles. The minimum Gasteiger partial charge on any atom is -0.449 e. The molecule has 3 rings (SSSR count). The van der Waals surface area contributed by atoms with Gasteiger partial charge in [-0.15, -0.1) is 0 Å². The lowest BCUT2D eigenvalue weighted by Gasteiger charge is -2.10. The zero-order chi connectivity index (χ0) is 22.2. The van der Waals surface area contributed by atoms with Crippen LogP contribution < -0.4 is 16.2 Å². The van der Waals surface area contributed by atoms with Crippen LogP contribution in [0.4, 0.5) is 19.3 Å². The number of carbonyl (C=O) groups is 1. The van der Waals surface area contributed by atoms with Crippen molar-refractivity contribution < 1.29 is 18.3 Å². The van der Waals surface area contributed by atoms with Gasteiger partial charge < -0.3 is 10.1 Å². The molecule has 0 saturated heterocycles. The normalized spacial score (nSPS) is 10.7. The molecule has 1 aromatic heterocycles. The fraction of sp³-hybridized carbons (Fsp3) is 0.227. The van der Waals surface area contributed by atoms with Gasteiger partial charge in [-0.1, -0.05) is 12.1 Å². The number of nitrogens with zero attached hydrogens (tertiary/aromatic N) is 2. The first-order valence-electron chi connectivity index (χ1n) is 9.67. The average molecular weight is 428 g/mol. The van der Waals surface area contributed by atoms with E-state index in [1.807, 2.05) is 7.05 Å². The summed E-state index contributed by atoms with van der Waals surface area (Å²) in [6, 6.07) is 13.1. The Morgan fingerprint density at radius 1 is 1.10 bits per heavy atom. The van der Waals surface area contributed by atoms with Gasteiger partial charge in [0.25, 0.3) is 5.56 Å². The fourth-order valence-corrected chi connectivity index (χ4v) is 2.86. The largest absolute Gasteiger partial charge is 0.449 e. The van der Waals surface area contributed by atoms with Gasteiger partial charge >= 0.3 is 6.09 Å². The van der Waals surface area contributed by atoms with Crippen molar-refractivity contribution in [3.63, 3.8) is 0 Å². The monoisotopic (exact) mass is 428 g/mol. The molecule has 0 fully saturated rings. The Hall–Kier alpha value is -3.59. The molecule has 0 aliphatic carbocycles. The van der Waals surface area contributed by atoms with Crippen LogP contribution in [0.15, 0.2) is 59.4 Å². The number of carbonyl (C=O) groups excluding carboxylic acids is 1. The van der Waals surface area contributed by atoms with Gasteiger partial charge in [0.05, 0.1) is 18.8 Å². The number of rotatable bonds is 8. The molecular formula is C22H22F2N4O3. The topological polar surface area (TPSA) is 85.2 Å². The molecule has 0 spiro atoms. The first-order chi connectivity index (χ1) is 15.0. The number of nitrogens with one attached hydrogen (secondary N) is 2. The number of benzene rings is 2. The zero-order valence-electron chi connectivity index (χ0n) is 16.9. The number of hydrogen-bond donors (Lipinski definition) is 2. The van der Waals surface area contributed by atoms with Crippen LogP contribution in [-0.2, 0) is 11.3 Å². The molecule has 9 heteroatoms. The number of amides is 1. The Morgan fingerprint density at radius 3 is 2.71 bits per heavy atom. The third kappa shape index (κ3) is 6.19. The van der Waals surface area contributed by atoms with Gasteiger partial charge in [-0.2, -0.15) is 5.10 Å². The molecule has 0 bridgehead atoms. The van der Waals surface area contributed by atoms with Crippen molar-refractivity contribution in [1.29, 1.82) is 0 Å². The molecule has 0 aliphatic heterocycles. The molecule has 1 amide bonds. The Labute approximate surface area is 177 Å². The summed E-state index contributed by atoms with van der Waals surface area (Å²) in [5.41, 5.74) is 1.56. The summed E-state index contributed by atoms with van der Waals surface area (Å²) in [4.78, 5) is 24.1. The minimum atomic E-state index is -0.992. The lowest BCUT2D eigenvalue weighted by molar-refractivity contribution is 0.160. The number of halogens is 2. The molecule has 2 N–H and O–H groups in total. The van der Waals surface area contributed by atoms with Crippen molar-refractivity contribution in [2.24, 2.45) is 0 Å². The van der Waals surface area contributed by atoms with Gasteiger partial charge in [-0.25, -0.2) is 18.3 Å². The van der Waals surface area contributed by atoms with Crippen LogP contribution in [0.5, 0.6) is 0 Å². The maximum Gasteiger partial charge on any atom is 0.411 e. The van der Waals surface area contributed by atoms with Crippen LogP contribution in [0.25, 0.3) is 11.3 Å². The molecule has 7 nitrogen and oxygen atoms in total. The second-order valence-electron chi connectivity index (χ2n) is 6.76.